The Hall–Kier alpha value is -2.60. The summed E-state index contributed by atoms with van der Waals surface area (Å²) in [5.41, 5.74) is 1.47. The highest BCUT2D eigenvalue weighted by Gasteiger charge is 2.16. The van der Waals surface area contributed by atoms with Crippen molar-refractivity contribution in [2.45, 2.75) is 32.9 Å². The summed E-state index contributed by atoms with van der Waals surface area (Å²) in [5.74, 6) is 0.756. The van der Waals surface area contributed by atoms with Gasteiger partial charge in [-0.3, -0.25) is 4.79 Å². The lowest BCUT2D eigenvalue weighted by molar-refractivity contribution is -0.122. The molecular weight excluding hydrogens is 340 g/mol. The van der Waals surface area contributed by atoms with Crippen LogP contribution in [0.25, 0.3) is 23.0 Å². The average molecular weight is 359 g/mol. The van der Waals surface area contributed by atoms with Gasteiger partial charge < -0.3 is 14.4 Å². The number of benzene rings is 1. The quantitative estimate of drug-likeness (QED) is 0.727. The Morgan fingerprint density at radius 3 is 2.96 bits per heavy atom. The minimum absolute atomic E-state index is 0.0543. The third kappa shape index (κ3) is 4.09. The fourth-order valence-corrected chi connectivity index (χ4v) is 2.59. The summed E-state index contributed by atoms with van der Waals surface area (Å²) in [7, 11) is 0. The molecule has 0 spiro atoms. The van der Waals surface area contributed by atoms with Crippen LogP contribution in [0.1, 0.15) is 20.3 Å². The molecule has 0 aliphatic carbocycles. The summed E-state index contributed by atoms with van der Waals surface area (Å²) in [4.78, 5) is 16.5. The minimum atomic E-state index is -0.0543. The van der Waals surface area contributed by atoms with Crippen LogP contribution in [-0.2, 0) is 11.3 Å². The molecule has 0 aliphatic heterocycles. The van der Waals surface area contributed by atoms with Crippen LogP contribution in [0.4, 0.5) is 0 Å². The lowest BCUT2D eigenvalue weighted by Crippen LogP contribution is -2.34. The van der Waals surface area contributed by atoms with E-state index in [1.54, 1.807) is 16.7 Å². The van der Waals surface area contributed by atoms with Gasteiger partial charge >= 0.3 is 0 Å². The highest BCUT2D eigenvalue weighted by molar-refractivity contribution is 6.30. The summed E-state index contributed by atoms with van der Waals surface area (Å²) in [6.45, 7) is 4.20. The van der Waals surface area contributed by atoms with Gasteiger partial charge in [-0.2, -0.15) is 4.98 Å². The van der Waals surface area contributed by atoms with E-state index >= 15 is 0 Å². The molecule has 0 radical (unpaired) electrons. The molecule has 3 aromatic rings. The highest BCUT2D eigenvalue weighted by Crippen LogP contribution is 2.24. The number of carbonyl (C=O) groups is 1. The van der Waals surface area contributed by atoms with Crippen LogP contribution in [0.2, 0.25) is 5.02 Å². The van der Waals surface area contributed by atoms with Crippen molar-refractivity contribution in [1.82, 2.24) is 20.0 Å². The average Bonchev–Trinajstić information content (AvgIpc) is 3.23. The number of halogens is 1. The number of hydrogen-bond acceptors (Lipinski definition) is 4. The number of rotatable bonds is 6. The topological polar surface area (TPSA) is 73.0 Å². The van der Waals surface area contributed by atoms with Crippen LogP contribution in [0.15, 0.2) is 47.1 Å². The van der Waals surface area contributed by atoms with Crippen LogP contribution >= 0.6 is 11.6 Å². The Balaban J connectivity index is 1.80. The van der Waals surface area contributed by atoms with Gasteiger partial charge in [0.2, 0.25) is 11.7 Å². The molecule has 1 amide bonds. The first-order valence-corrected chi connectivity index (χ1v) is 8.49. The number of nitrogens with one attached hydrogen (secondary N) is 1. The minimum Gasteiger partial charge on any atom is -0.352 e. The first kappa shape index (κ1) is 17.2. The maximum absolute atomic E-state index is 12.1. The number of hydrogen-bond donors (Lipinski definition) is 1. The van der Waals surface area contributed by atoms with Gasteiger partial charge in [0.15, 0.2) is 0 Å². The van der Waals surface area contributed by atoms with E-state index < -0.39 is 0 Å². The van der Waals surface area contributed by atoms with Crippen LogP contribution in [-0.4, -0.2) is 26.7 Å². The molecule has 6 nitrogen and oxygen atoms in total. The van der Waals surface area contributed by atoms with E-state index in [4.69, 9.17) is 16.1 Å². The molecule has 130 valence electrons. The number of amides is 1. The van der Waals surface area contributed by atoms with Crippen molar-refractivity contribution in [2.24, 2.45) is 0 Å². The second kappa shape index (κ2) is 7.53. The van der Waals surface area contributed by atoms with Crippen LogP contribution < -0.4 is 5.32 Å². The SMILES string of the molecule is CCC(C)NC(=O)Cn1cccc1-c1nc(-c2cccc(Cl)c2)no1. The Kier molecular flexibility index (Phi) is 5.19. The maximum Gasteiger partial charge on any atom is 0.274 e. The molecule has 2 aromatic heterocycles. The Morgan fingerprint density at radius 1 is 1.36 bits per heavy atom. The maximum atomic E-state index is 12.1. The molecule has 3 rings (SSSR count). The Morgan fingerprint density at radius 2 is 2.20 bits per heavy atom. The lowest BCUT2D eigenvalue weighted by atomic mass is 10.2. The summed E-state index contributed by atoms with van der Waals surface area (Å²) in [6, 6.07) is 11.1. The van der Waals surface area contributed by atoms with E-state index in [2.05, 4.69) is 15.5 Å². The standard InChI is InChI=1S/C18H19ClN4O2/c1-3-12(2)20-16(24)11-23-9-5-8-15(23)18-21-17(22-25-18)13-6-4-7-14(19)10-13/h4-10,12H,3,11H2,1-2H3,(H,20,24). The summed E-state index contributed by atoms with van der Waals surface area (Å²) < 4.78 is 7.16. The molecule has 1 N–H and O–H groups in total. The van der Waals surface area contributed by atoms with Gasteiger partial charge in [-0.1, -0.05) is 35.8 Å². The van der Waals surface area contributed by atoms with Crippen molar-refractivity contribution in [2.75, 3.05) is 0 Å². The first-order chi connectivity index (χ1) is 12.1. The molecular formula is C18H19ClN4O2. The molecule has 0 saturated heterocycles. The molecule has 0 bridgehead atoms. The van der Waals surface area contributed by atoms with Gasteiger partial charge in [-0.05, 0) is 37.6 Å². The summed E-state index contributed by atoms with van der Waals surface area (Å²) >= 11 is 6.00. The van der Waals surface area contributed by atoms with Crippen LogP contribution in [0, 0.1) is 0 Å². The van der Waals surface area contributed by atoms with Crippen molar-refractivity contribution in [3.63, 3.8) is 0 Å². The number of nitrogens with zero attached hydrogens (tertiary/aromatic N) is 3. The zero-order valence-electron chi connectivity index (χ0n) is 14.1. The van der Waals surface area contributed by atoms with E-state index in [1.807, 2.05) is 44.3 Å². The fourth-order valence-electron chi connectivity index (χ4n) is 2.40. The van der Waals surface area contributed by atoms with E-state index in [0.717, 1.165) is 12.0 Å². The van der Waals surface area contributed by atoms with Gasteiger partial charge in [-0.25, -0.2) is 0 Å². The lowest BCUT2D eigenvalue weighted by Gasteiger charge is -2.12. The van der Waals surface area contributed by atoms with Gasteiger partial charge in [0.05, 0.1) is 0 Å². The van der Waals surface area contributed by atoms with Crippen LogP contribution in [0.5, 0.6) is 0 Å². The summed E-state index contributed by atoms with van der Waals surface area (Å²) in [6.07, 6.45) is 2.70. The molecule has 0 aliphatic rings. The normalized spacial score (nSPS) is 12.1. The molecule has 2 heterocycles. The summed E-state index contributed by atoms with van der Waals surface area (Å²) in [5, 5.41) is 7.56. The third-order valence-electron chi connectivity index (χ3n) is 3.89. The van der Waals surface area contributed by atoms with Crippen LogP contribution in [0.3, 0.4) is 0 Å². The predicted octanol–water partition coefficient (Wildman–Crippen LogP) is 3.77. The van der Waals surface area contributed by atoms with Crippen molar-refractivity contribution in [3.8, 4) is 23.0 Å². The third-order valence-corrected chi connectivity index (χ3v) is 4.13. The van der Waals surface area contributed by atoms with Gasteiger partial charge in [-0.15, -0.1) is 0 Å². The molecule has 0 fully saturated rings. The molecule has 1 unspecified atom stereocenters. The van der Waals surface area contributed by atoms with Crippen molar-refractivity contribution < 1.29 is 9.32 Å². The monoisotopic (exact) mass is 358 g/mol. The second-order valence-electron chi connectivity index (χ2n) is 5.83. The predicted molar refractivity (Wildman–Crippen MR) is 96.1 cm³/mol. The molecule has 1 atom stereocenters. The van der Waals surface area contributed by atoms with Gasteiger partial charge in [0.1, 0.15) is 12.2 Å². The van der Waals surface area contributed by atoms with E-state index in [9.17, 15) is 4.79 Å². The Bertz CT molecular complexity index is 871. The van der Waals surface area contributed by atoms with Gasteiger partial charge in [0, 0.05) is 22.8 Å². The zero-order valence-corrected chi connectivity index (χ0v) is 14.8. The smallest absolute Gasteiger partial charge is 0.274 e. The van der Waals surface area contributed by atoms with Crippen molar-refractivity contribution in [3.05, 3.63) is 47.6 Å². The van der Waals surface area contributed by atoms with E-state index in [1.165, 1.54) is 0 Å². The molecule has 7 heteroatoms. The van der Waals surface area contributed by atoms with Crippen molar-refractivity contribution >= 4 is 17.5 Å². The second-order valence-corrected chi connectivity index (χ2v) is 6.27. The fraction of sp³-hybridized carbons (Fsp3) is 0.278. The Labute approximate surface area is 150 Å². The van der Waals surface area contributed by atoms with Crippen molar-refractivity contribution in [1.29, 1.82) is 0 Å². The first-order valence-electron chi connectivity index (χ1n) is 8.11. The molecule has 25 heavy (non-hydrogen) atoms. The largest absolute Gasteiger partial charge is 0.352 e. The molecule has 0 saturated carbocycles. The van der Waals surface area contributed by atoms with E-state index in [0.29, 0.717) is 22.4 Å². The molecule has 1 aromatic carbocycles. The highest BCUT2D eigenvalue weighted by atomic mass is 35.5. The van der Waals surface area contributed by atoms with Gasteiger partial charge in [0.25, 0.3) is 5.89 Å². The number of carbonyl (C=O) groups excluding carboxylic acids is 1. The zero-order chi connectivity index (χ0) is 17.8. The number of aromatic nitrogens is 3. The van der Waals surface area contributed by atoms with E-state index in [-0.39, 0.29) is 18.5 Å².